The van der Waals surface area contributed by atoms with Crippen LogP contribution < -0.4 is 5.32 Å². The summed E-state index contributed by atoms with van der Waals surface area (Å²) in [5.41, 5.74) is 1.38. The van der Waals surface area contributed by atoms with Crippen LogP contribution in [0.1, 0.15) is 44.7 Å². The minimum Gasteiger partial charge on any atom is -0.313 e. The molecule has 1 N–H and O–H groups in total. The summed E-state index contributed by atoms with van der Waals surface area (Å²) in [6, 6.07) is 9.79. The molecule has 0 heterocycles. The van der Waals surface area contributed by atoms with Crippen LogP contribution in [0.15, 0.2) is 28.7 Å². The molecule has 1 fully saturated rings. The molecule has 0 aromatic heterocycles. The highest BCUT2D eigenvalue weighted by atomic mass is 79.9. The van der Waals surface area contributed by atoms with Gasteiger partial charge in [0, 0.05) is 29.6 Å². The molecule has 1 aliphatic rings. The molecule has 112 valence electrons. The van der Waals surface area contributed by atoms with E-state index in [1.807, 2.05) is 0 Å². The van der Waals surface area contributed by atoms with Crippen molar-refractivity contribution in [3.05, 3.63) is 34.3 Å². The Labute approximate surface area is 132 Å². The van der Waals surface area contributed by atoms with Gasteiger partial charge in [-0.1, -0.05) is 28.1 Å². The lowest BCUT2D eigenvalue weighted by Crippen LogP contribution is -2.35. The van der Waals surface area contributed by atoms with E-state index in [0.717, 1.165) is 10.4 Å². The molecule has 1 aliphatic carbocycles. The molecule has 1 atom stereocenters. The highest BCUT2D eigenvalue weighted by Gasteiger charge is 2.25. The summed E-state index contributed by atoms with van der Waals surface area (Å²) in [5, 5.41) is 3.46. The van der Waals surface area contributed by atoms with Crippen molar-refractivity contribution in [1.82, 2.24) is 10.2 Å². The highest BCUT2D eigenvalue weighted by molar-refractivity contribution is 9.10. The van der Waals surface area contributed by atoms with Crippen molar-refractivity contribution in [2.45, 2.75) is 45.2 Å². The van der Waals surface area contributed by atoms with Gasteiger partial charge >= 0.3 is 0 Å². The maximum absolute atomic E-state index is 3.50. The summed E-state index contributed by atoms with van der Waals surface area (Å²) in [5.74, 6) is 0.970. The second-order valence-electron chi connectivity index (χ2n) is 6.21. The third-order valence-electron chi connectivity index (χ3n) is 4.25. The van der Waals surface area contributed by atoms with Crippen LogP contribution in [0.3, 0.4) is 0 Å². The summed E-state index contributed by atoms with van der Waals surface area (Å²) in [4.78, 5) is 2.64. The average molecular weight is 339 g/mol. The van der Waals surface area contributed by atoms with Crippen LogP contribution in [0.5, 0.6) is 0 Å². The first-order valence-corrected chi connectivity index (χ1v) is 8.56. The van der Waals surface area contributed by atoms with Gasteiger partial charge in [0.2, 0.25) is 0 Å². The summed E-state index contributed by atoms with van der Waals surface area (Å²) in [7, 11) is 2.06. The summed E-state index contributed by atoms with van der Waals surface area (Å²) >= 11 is 3.50. The smallest absolute Gasteiger partial charge is 0.0329 e. The van der Waals surface area contributed by atoms with E-state index in [9.17, 15) is 0 Å². The first-order valence-electron chi connectivity index (χ1n) is 7.77. The van der Waals surface area contributed by atoms with E-state index in [4.69, 9.17) is 0 Å². The Morgan fingerprint density at radius 3 is 2.40 bits per heavy atom. The van der Waals surface area contributed by atoms with Crippen LogP contribution in [0.2, 0.25) is 0 Å². The molecule has 3 heteroatoms. The topological polar surface area (TPSA) is 15.3 Å². The zero-order chi connectivity index (χ0) is 14.5. The third-order valence-corrected chi connectivity index (χ3v) is 4.77. The van der Waals surface area contributed by atoms with Gasteiger partial charge in [0.15, 0.2) is 0 Å². The van der Waals surface area contributed by atoms with E-state index in [1.165, 1.54) is 37.9 Å². The minimum atomic E-state index is 0.448. The van der Waals surface area contributed by atoms with Gasteiger partial charge in [-0.2, -0.15) is 0 Å². The number of hydrogen-bond acceptors (Lipinski definition) is 2. The van der Waals surface area contributed by atoms with E-state index >= 15 is 0 Å². The Morgan fingerprint density at radius 2 is 1.90 bits per heavy atom. The second kappa shape index (κ2) is 7.58. The molecule has 1 aromatic rings. The monoisotopic (exact) mass is 338 g/mol. The zero-order valence-corrected chi connectivity index (χ0v) is 14.5. The van der Waals surface area contributed by atoms with Crippen LogP contribution in [0.4, 0.5) is 0 Å². The van der Waals surface area contributed by atoms with E-state index in [2.05, 4.69) is 71.3 Å². The minimum absolute atomic E-state index is 0.448. The van der Waals surface area contributed by atoms with Crippen LogP contribution in [-0.4, -0.2) is 31.1 Å². The Kier molecular flexibility index (Phi) is 6.06. The Balaban J connectivity index is 1.89. The molecule has 0 bridgehead atoms. The standard InChI is InChI=1S/C17H27BrN2/c1-13(2)20(12-14-4-5-14)11-10-17(19-3)15-6-8-16(18)9-7-15/h6-9,13-14,17,19H,4-5,10-12H2,1-3H3. The van der Waals surface area contributed by atoms with Gasteiger partial charge in [-0.05, 0) is 63.8 Å². The molecule has 2 nitrogen and oxygen atoms in total. The van der Waals surface area contributed by atoms with Crippen LogP contribution >= 0.6 is 15.9 Å². The predicted molar refractivity (Wildman–Crippen MR) is 90.0 cm³/mol. The molecule has 0 saturated heterocycles. The molecule has 1 unspecified atom stereocenters. The Morgan fingerprint density at radius 1 is 1.25 bits per heavy atom. The van der Waals surface area contributed by atoms with Crippen molar-refractivity contribution < 1.29 is 0 Å². The van der Waals surface area contributed by atoms with Gasteiger partial charge in [0.1, 0.15) is 0 Å². The second-order valence-corrected chi connectivity index (χ2v) is 7.13. The SMILES string of the molecule is CNC(CCN(CC1CC1)C(C)C)c1ccc(Br)cc1. The van der Waals surface area contributed by atoms with Crippen molar-refractivity contribution in [2.24, 2.45) is 5.92 Å². The number of rotatable bonds is 8. The van der Waals surface area contributed by atoms with Crippen molar-refractivity contribution >= 4 is 15.9 Å². The number of hydrogen-bond donors (Lipinski definition) is 1. The average Bonchev–Trinajstić information content (AvgIpc) is 3.23. The molecule has 20 heavy (non-hydrogen) atoms. The van der Waals surface area contributed by atoms with Crippen molar-refractivity contribution in [3.8, 4) is 0 Å². The maximum Gasteiger partial charge on any atom is 0.0329 e. The fraction of sp³-hybridized carbons (Fsp3) is 0.647. The maximum atomic E-state index is 3.50. The van der Waals surface area contributed by atoms with Crippen LogP contribution in [0, 0.1) is 5.92 Å². The highest BCUT2D eigenvalue weighted by Crippen LogP contribution is 2.30. The van der Waals surface area contributed by atoms with E-state index < -0.39 is 0 Å². The van der Waals surface area contributed by atoms with Crippen LogP contribution in [-0.2, 0) is 0 Å². The predicted octanol–water partition coefficient (Wildman–Crippen LogP) is 4.22. The third kappa shape index (κ3) is 4.87. The van der Waals surface area contributed by atoms with Gasteiger partial charge in [0.25, 0.3) is 0 Å². The summed E-state index contributed by atoms with van der Waals surface area (Å²) in [6.45, 7) is 7.09. The summed E-state index contributed by atoms with van der Waals surface area (Å²) in [6.07, 6.45) is 4.04. The number of halogens is 1. The van der Waals surface area contributed by atoms with Crippen molar-refractivity contribution in [3.63, 3.8) is 0 Å². The number of nitrogens with zero attached hydrogens (tertiary/aromatic N) is 1. The molecule has 2 rings (SSSR count). The van der Waals surface area contributed by atoms with Gasteiger partial charge in [0.05, 0.1) is 0 Å². The van der Waals surface area contributed by atoms with Crippen molar-refractivity contribution in [2.75, 3.05) is 20.1 Å². The molecular formula is C17H27BrN2. The lowest BCUT2D eigenvalue weighted by atomic mass is 10.0. The largest absolute Gasteiger partial charge is 0.313 e. The fourth-order valence-electron chi connectivity index (χ4n) is 2.66. The number of nitrogens with one attached hydrogen (secondary N) is 1. The summed E-state index contributed by atoms with van der Waals surface area (Å²) < 4.78 is 1.15. The van der Waals surface area contributed by atoms with Crippen LogP contribution in [0.25, 0.3) is 0 Å². The van der Waals surface area contributed by atoms with Gasteiger partial charge < -0.3 is 10.2 Å². The fourth-order valence-corrected chi connectivity index (χ4v) is 2.92. The lowest BCUT2D eigenvalue weighted by molar-refractivity contribution is 0.202. The first kappa shape index (κ1) is 16.0. The molecule has 1 aromatic carbocycles. The normalized spacial score (nSPS) is 16.9. The van der Waals surface area contributed by atoms with Gasteiger partial charge in [-0.15, -0.1) is 0 Å². The van der Waals surface area contributed by atoms with Gasteiger partial charge in [-0.3, -0.25) is 0 Å². The molecular weight excluding hydrogens is 312 g/mol. The quantitative estimate of drug-likeness (QED) is 0.763. The Hall–Kier alpha value is -0.380. The molecule has 0 radical (unpaired) electrons. The van der Waals surface area contributed by atoms with Crippen molar-refractivity contribution in [1.29, 1.82) is 0 Å². The number of benzene rings is 1. The van der Waals surface area contributed by atoms with E-state index in [-0.39, 0.29) is 0 Å². The van der Waals surface area contributed by atoms with E-state index in [0.29, 0.717) is 12.1 Å². The lowest BCUT2D eigenvalue weighted by Gasteiger charge is -2.28. The first-order chi connectivity index (χ1) is 9.60. The molecule has 0 amide bonds. The van der Waals surface area contributed by atoms with Gasteiger partial charge in [-0.25, -0.2) is 0 Å². The van der Waals surface area contributed by atoms with E-state index in [1.54, 1.807) is 0 Å². The molecule has 1 saturated carbocycles. The molecule has 0 aliphatic heterocycles. The Bertz CT molecular complexity index is 398. The zero-order valence-electron chi connectivity index (χ0n) is 12.9. The molecule has 0 spiro atoms.